The number of carbonyl (C=O) groups excluding carboxylic acids is 3. The summed E-state index contributed by atoms with van der Waals surface area (Å²) in [6.07, 6.45) is 75.7. The van der Waals surface area contributed by atoms with Crippen LogP contribution in [0.25, 0.3) is 0 Å². The van der Waals surface area contributed by atoms with Crippen LogP contribution in [-0.4, -0.2) is 37.2 Å². The van der Waals surface area contributed by atoms with E-state index in [1.165, 1.54) is 135 Å². The van der Waals surface area contributed by atoms with Gasteiger partial charge in [0.05, 0.1) is 0 Å². The molecule has 0 radical (unpaired) electrons. The minimum atomic E-state index is -0.798. The third-order valence-corrected chi connectivity index (χ3v) is 12.6. The van der Waals surface area contributed by atoms with E-state index in [9.17, 15) is 14.4 Å². The van der Waals surface area contributed by atoms with Gasteiger partial charge in [0.1, 0.15) is 13.2 Å². The van der Waals surface area contributed by atoms with E-state index in [-0.39, 0.29) is 31.1 Å². The highest BCUT2D eigenvalue weighted by Crippen LogP contribution is 2.16. The molecular weight excluding hydrogens is 865 g/mol. The fraction of sp³-hybridized carbons (Fsp3) is 0.734. The number of rotatable bonds is 53. The molecular formula is C64H110O6. The maximum absolute atomic E-state index is 12.9. The third-order valence-electron chi connectivity index (χ3n) is 12.6. The smallest absolute Gasteiger partial charge is 0.306 e. The molecule has 402 valence electrons. The number of carbonyl (C=O) groups is 3. The van der Waals surface area contributed by atoms with Crippen molar-refractivity contribution in [2.24, 2.45) is 0 Å². The molecule has 0 heterocycles. The molecule has 0 aromatic heterocycles. The average Bonchev–Trinajstić information content (AvgIpc) is 3.36. The lowest BCUT2D eigenvalue weighted by molar-refractivity contribution is -0.167. The number of unbranched alkanes of at least 4 members (excludes halogenated alkanes) is 28. The highest BCUT2D eigenvalue weighted by Gasteiger charge is 2.19. The monoisotopic (exact) mass is 975 g/mol. The predicted octanol–water partition coefficient (Wildman–Crippen LogP) is 19.9. The summed E-state index contributed by atoms with van der Waals surface area (Å²) >= 11 is 0. The van der Waals surface area contributed by atoms with E-state index in [2.05, 4.69) is 106 Å². The highest BCUT2D eigenvalue weighted by atomic mass is 16.6. The fourth-order valence-corrected chi connectivity index (χ4v) is 8.21. The van der Waals surface area contributed by atoms with Gasteiger partial charge in [-0.1, -0.05) is 254 Å². The van der Waals surface area contributed by atoms with Gasteiger partial charge in [0.25, 0.3) is 0 Å². The molecule has 1 unspecified atom stereocenters. The Morgan fingerprint density at radius 2 is 0.557 bits per heavy atom. The summed E-state index contributed by atoms with van der Waals surface area (Å²) in [5, 5.41) is 0. The van der Waals surface area contributed by atoms with Crippen molar-refractivity contribution in [3.05, 3.63) is 85.1 Å². The van der Waals surface area contributed by atoms with Crippen LogP contribution < -0.4 is 0 Å². The molecule has 0 bridgehead atoms. The SMILES string of the molecule is CC/C=C\C/C=C\C/C=C\C/C=C\C/C=C\C/C=C\CCCCC(=O)OCC(COC(=O)CCCCCCCCCCCCCCCCC)OC(=O)CCCCCCC/C=C\CCCCCCCCC. The van der Waals surface area contributed by atoms with Gasteiger partial charge in [-0.2, -0.15) is 0 Å². The fourth-order valence-electron chi connectivity index (χ4n) is 8.21. The summed E-state index contributed by atoms with van der Waals surface area (Å²) in [6.45, 7) is 6.50. The Hall–Kier alpha value is -3.41. The molecule has 0 aliphatic rings. The zero-order valence-corrected chi connectivity index (χ0v) is 46.0. The topological polar surface area (TPSA) is 78.9 Å². The lowest BCUT2D eigenvalue weighted by Crippen LogP contribution is -2.30. The van der Waals surface area contributed by atoms with Crippen LogP contribution in [0.15, 0.2) is 85.1 Å². The van der Waals surface area contributed by atoms with Gasteiger partial charge in [-0.05, 0) is 96.3 Å². The Morgan fingerprint density at radius 1 is 0.300 bits per heavy atom. The van der Waals surface area contributed by atoms with Crippen molar-refractivity contribution >= 4 is 17.9 Å². The zero-order chi connectivity index (χ0) is 50.7. The first-order valence-corrected chi connectivity index (χ1v) is 29.6. The lowest BCUT2D eigenvalue weighted by atomic mass is 10.0. The van der Waals surface area contributed by atoms with Crippen LogP contribution in [0, 0.1) is 0 Å². The summed E-state index contributed by atoms with van der Waals surface area (Å²) in [5.74, 6) is -0.936. The van der Waals surface area contributed by atoms with E-state index in [4.69, 9.17) is 14.2 Å². The largest absolute Gasteiger partial charge is 0.462 e. The Morgan fingerprint density at radius 3 is 0.914 bits per heavy atom. The van der Waals surface area contributed by atoms with Crippen molar-refractivity contribution in [1.29, 1.82) is 0 Å². The van der Waals surface area contributed by atoms with Gasteiger partial charge in [0, 0.05) is 19.3 Å². The first-order valence-electron chi connectivity index (χ1n) is 29.6. The van der Waals surface area contributed by atoms with Crippen LogP contribution in [0.3, 0.4) is 0 Å². The number of hydrogen-bond donors (Lipinski definition) is 0. The molecule has 0 aromatic carbocycles. The molecule has 0 spiro atoms. The predicted molar refractivity (Wildman–Crippen MR) is 302 cm³/mol. The number of allylic oxidation sites excluding steroid dienone is 14. The first kappa shape index (κ1) is 66.6. The van der Waals surface area contributed by atoms with Crippen molar-refractivity contribution in [1.82, 2.24) is 0 Å². The van der Waals surface area contributed by atoms with Crippen LogP contribution in [0.5, 0.6) is 0 Å². The van der Waals surface area contributed by atoms with Crippen molar-refractivity contribution in [2.45, 2.75) is 290 Å². The summed E-state index contributed by atoms with van der Waals surface area (Å²) in [7, 11) is 0. The molecule has 0 saturated heterocycles. The average molecular weight is 976 g/mol. The maximum Gasteiger partial charge on any atom is 0.306 e. The Bertz CT molecular complexity index is 1350. The molecule has 70 heavy (non-hydrogen) atoms. The molecule has 0 amide bonds. The Kier molecular flexibility index (Phi) is 55.3. The first-order chi connectivity index (χ1) is 34.5. The van der Waals surface area contributed by atoms with E-state index in [0.29, 0.717) is 19.3 Å². The van der Waals surface area contributed by atoms with Gasteiger partial charge in [-0.25, -0.2) is 0 Å². The maximum atomic E-state index is 12.9. The van der Waals surface area contributed by atoms with Crippen molar-refractivity contribution in [3.63, 3.8) is 0 Å². The second-order valence-corrected chi connectivity index (χ2v) is 19.5. The second-order valence-electron chi connectivity index (χ2n) is 19.5. The highest BCUT2D eigenvalue weighted by molar-refractivity contribution is 5.71. The quantitative estimate of drug-likeness (QED) is 0.0261. The van der Waals surface area contributed by atoms with Crippen LogP contribution in [-0.2, 0) is 28.6 Å². The summed E-state index contributed by atoms with van der Waals surface area (Å²) in [5.41, 5.74) is 0. The van der Waals surface area contributed by atoms with Crippen molar-refractivity contribution in [3.8, 4) is 0 Å². The van der Waals surface area contributed by atoms with Gasteiger partial charge >= 0.3 is 17.9 Å². The zero-order valence-electron chi connectivity index (χ0n) is 46.0. The minimum absolute atomic E-state index is 0.0915. The molecule has 0 fully saturated rings. The van der Waals surface area contributed by atoms with E-state index < -0.39 is 6.10 Å². The summed E-state index contributed by atoms with van der Waals surface area (Å²) in [4.78, 5) is 38.2. The second kappa shape index (κ2) is 58.2. The Labute approximate surface area is 433 Å². The molecule has 1 atom stereocenters. The van der Waals surface area contributed by atoms with Crippen LogP contribution in [0.4, 0.5) is 0 Å². The van der Waals surface area contributed by atoms with E-state index in [0.717, 1.165) is 109 Å². The van der Waals surface area contributed by atoms with Crippen molar-refractivity contribution < 1.29 is 28.6 Å². The number of esters is 3. The van der Waals surface area contributed by atoms with E-state index >= 15 is 0 Å². The standard InChI is InChI=1S/C64H110O6/c1-4-7-10-13-16-19-22-25-28-30-31-32-33-34-37-39-42-45-48-51-54-57-63(66)69-60-61(59-68-62(65)56-53-50-47-44-41-38-35-27-24-21-18-15-12-9-6-3)70-64(67)58-55-52-49-46-43-40-36-29-26-23-20-17-14-11-8-5-2/h7,10,16,19,25,28-29,31-32,34,36-37,42,45,61H,4-6,8-9,11-15,17-18,20-24,26-27,30,33,35,38-41,43-44,46-60H2,1-3H3/b10-7-,19-16-,28-25-,32-31-,36-29-,37-34-,45-42-. The van der Waals surface area contributed by atoms with Crippen LogP contribution in [0.1, 0.15) is 284 Å². The number of ether oxygens (including phenoxy) is 3. The normalized spacial score (nSPS) is 12.7. The minimum Gasteiger partial charge on any atom is -0.462 e. The molecule has 6 nitrogen and oxygen atoms in total. The molecule has 0 N–H and O–H groups in total. The van der Waals surface area contributed by atoms with E-state index in [1.807, 2.05) is 0 Å². The van der Waals surface area contributed by atoms with Gasteiger partial charge in [-0.15, -0.1) is 0 Å². The third kappa shape index (κ3) is 55.5. The van der Waals surface area contributed by atoms with E-state index in [1.54, 1.807) is 0 Å². The molecule has 0 aliphatic heterocycles. The van der Waals surface area contributed by atoms with Crippen molar-refractivity contribution in [2.75, 3.05) is 13.2 Å². The molecule has 0 rings (SSSR count). The molecule has 0 aliphatic carbocycles. The molecule has 0 aromatic rings. The van der Waals surface area contributed by atoms with Gasteiger partial charge in [0.2, 0.25) is 0 Å². The van der Waals surface area contributed by atoms with Gasteiger partial charge < -0.3 is 14.2 Å². The molecule has 6 heteroatoms. The lowest BCUT2D eigenvalue weighted by Gasteiger charge is -2.18. The molecule has 0 saturated carbocycles. The van der Waals surface area contributed by atoms with Crippen LogP contribution in [0.2, 0.25) is 0 Å². The van der Waals surface area contributed by atoms with Gasteiger partial charge in [-0.3, -0.25) is 14.4 Å². The van der Waals surface area contributed by atoms with Gasteiger partial charge in [0.15, 0.2) is 6.10 Å². The Balaban J connectivity index is 4.46. The summed E-state index contributed by atoms with van der Waals surface area (Å²) in [6, 6.07) is 0. The number of hydrogen-bond acceptors (Lipinski definition) is 6. The van der Waals surface area contributed by atoms with Crippen LogP contribution >= 0.6 is 0 Å². The summed E-state index contributed by atoms with van der Waals surface area (Å²) < 4.78 is 16.8.